The van der Waals surface area contributed by atoms with Crippen LogP contribution in [0.15, 0.2) is 10.5 Å². The van der Waals surface area contributed by atoms with Gasteiger partial charge in [0, 0.05) is 18.2 Å². The fourth-order valence-corrected chi connectivity index (χ4v) is 3.40. The molecule has 2 N–H and O–H groups in total. The van der Waals surface area contributed by atoms with Crippen LogP contribution in [0.4, 0.5) is 0 Å². The van der Waals surface area contributed by atoms with E-state index in [2.05, 4.69) is 21.2 Å². The molecule has 1 aromatic rings. The van der Waals surface area contributed by atoms with Crippen LogP contribution in [0.25, 0.3) is 0 Å². The zero-order chi connectivity index (χ0) is 14.9. The fraction of sp³-hybridized carbons (Fsp3) is 0.500. The number of halogens is 1. The number of rotatable bonds is 4. The van der Waals surface area contributed by atoms with Crippen molar-refractivity contribution in [1.82, 2.24) is 5.32 Å². The lowest BCUT2D eigenvalue weighted by Crippen LogP contribution is -2.18. The molecule has 0 saturated carbocycles. The Morgan fingerprint density at radius 3 is 2.55 bits per heavy atom. The molecule has 2 rings (SSSR count). The van der Waals surface area contributed by atoms with E-state index in [1.165, 1.54) is 0 Å². The normalized spacial score (nSPS) is 21.8. The number of carboxylic acids is 1. The van der Waals surface area contributed by atoms with Gasteiger partial charge in [0.15, 0.2) is 11.5 Å². The first-order valence-electron chi connectivity index (χ1n) is 6.36. The SMILES string of the molecule is COc1c(Br)cc(C)c(C2CC(C(=O)O)CN2)c1OC. The second-order valence-electron chi connectivity index (χ2n) is 4.89. The molecule has 1 aromatic carbocycles. The molecule has 1 aliphatic heterocycles. The van der Waals surface area contributed by atoms with E-state index in [0.29, 0.717) is 24.5 Å². The second kappa shape index (κ2) is 6.01. The van der Waals surface area contributed by atoms with Crippen molar-refractivity contribution in [2.24, 2.45) is 5.92 Å². The van der Waals surface area contributed by atoms with Crippen molar-refractivity contribution in [2.75, 3.05) is 20.8 Å². The standard InChI is InChI=1S/C14H18BrNO4/c1-7-4-9(15)12(19-2)13(20-3)11(7)10-5-8(6-16-10)14(17)18/h4,8,10,16H,5-6H2,1-3H3,(H,17,18). The maximum Gasteiger partial charge on any atom is 0.307 e. The van der Waals surface area contributed by atoms with Crippen molar-refractivity contribution in [1.29, 1.82) is 0 Å². The molecule has 6 heteroatoms. The van der Waals surface area contributed by atoms with Gasteiger partial charge in [-0.2, -0.15) is 0 Å². The highest BCUT2D eigenvalue weighted by Gasteiger charge is 2.33. The Hall–Kier alpha value is -1.27. The molecule has 110 valence electrons. The van der Waals surface area contributed by atoms with Crippen LogP contribution in [0.5, 0.6) is 11.5 Å². The third-order valence-corrected chi connectivity index (χ3v) is 4.26. The molecule has 0 aromatic heterocycles. The van der Waals surface area contributed by atoms with Gasteiger partial charge in [0.1, 0.15) is 0 Å². The molecule has 2 unspecified atom stereocenters. The van der Waals surface area contributed by atoms with Gasteiger partial charge in [0.2, 0.25) is 0 Å². The molecule has 1 saturated heterocycles. The first kappa shape index (κ1) is 15.1. The number of aliphatic carboxylic acids is 1. The number of methoxy groups -OCH3 is 2. The predicted octanol–water partition coefficient (Wildman–Crippen LogP) is 2.51. The van der Waals surface area contributed by atoms with E-state index in [1.807, 2.05) is 13.0 Å². The summed E-state index contributed by atoms with van der Waals surface area (Å²) in [6.07, 6.45) is 0.553. The van der Waals surface area contributed by atoms with E-state index >= 15 is 0 Å². The van der Waals surface area contributed by atoms with E-state index in [-0.39, 0.29) is 12.0 Å². The lowest BCUT2D eigenvalue weighted by Gasteiger charge is -2.21. The lowest BCUT2D eigenvalue weighted by molar-refractivity contribution is -0.141. The third kappa shape index (κ3) is 2.62. The van der Waals surface area contributed by atoms with Gasteiger partial charge in [-0.15, -0.1) is 0 Å². The Bertz CT molecular complexity index is 532. The molecule has 0 radical (unpaired) electrons. The number of hydrogen-bond acceptors (Lipinski definition) is 4. The van der Waals surface area contributed by atoms with Gasteiger partial charge in [-0.1, -0.05) is 0 Å². The van der Waals surface area contributed by atoms with E-state index in [0.717, 1.165) is 15.6 Å². The van der Waals surface area contributed by atoms with Crippen molar-refractivity contribution in [3.63, 3.8) is 0 Å². The van der Waals surface area contributed by atoms with Gasteiger partial charge in [0.05, 0.1) is 24.6 Å². The predicted molar refractivity (Wildman–Crippen MR) is 78.5 cm³/mol. The minimum atomic E-state index is -0.763. The highest BCUT2D eigenvalue weighted by Crippen LogP contribution is 2.45. The van der Waals surface area contributed by atoms with Crippen LogP contribution in [0, 0.1) is 12.8 Å². The molecule has 0 spiro atoms. The number of aryl methyl sites for hydroxylation is 1. The average molecular weight is 344 g/mol. The smallest absolute Gasteiger partial charge is 0.307 e. The number of benzene rings is 1. The van der Waals surface area contributed by atoms with Crippen LogP contribution in [0.1, 0.15) is 23.6 Å². The summed E-state index contributed by atoms with van der Waals surface area (Å²) in [6.45, 7) is 2.46. The first-order chi connectivity index (χ1) is 9.49. The van der Waals surface area contributed by atoms with Gasteiger partial charge < -0.3 is 19.9 Å². The number of hydrogen-bond donors (Lipinski definition) is 2. The number of carboxylic acid groups (broad SMARTS) is 1. The summed E-state index contributed by atoms with van der Waals surface area (Å²) in [6, 6.07) is 1.93. The van der Waals surface area contributed by atoms with Crippen molar-refractivity contribution in [3.05, 3.63) is 21.7 Å². The molecule has 20 heavy (non-hydrogen) atoms. The van der Waals surface area contributed by atoms with Gasteiger partial charge >= 0.3 is 5.97 Å². The van der Waals surface area contributed by atoms with Gasteiger partial charge in [-0.05, 0) is 40.9 Å². The third-order valence-electron chi connectivity index (χ3n) is 3.67. The highest BCUT2D eigenvalue weighted by molar-refractivity contribution is 9.10. The molecule has 1 fully saturated rings. The Balaban J connectivity index is 2.44. The van der Waals surface area contributed by atoms with Crippen molar-refractivity contribution in [3.8, 4) is 11.5 Å². The molecule has 0 amide bonds. The molecule has 0 bridgehead atoms. The Labute approximate surface area is 126 Å². The molecular weight excluding hydrogens is 326 g/mol. The summed E-state index contributed by atoms with van der Waals surface area (Å²) in [7, 11) is 3.18. The zero-order valence-corrected chi connectivity index (χ0v) is 13.3. The van der Waals surface area contributed by atoms with Gasteiger partial charge in [0.25, 0.3) is 0 Å². The van der Waals surface area contributed by atoms with Crippen LogP contribution < -0.4 is 14.8 Å². The largest absolute Gasteiger partial charge is 0.492 e. The van der Waals surface area contributed by atoms with Crippen molar-refractivity contribution >= 4 is 21.9 Å². The summed E-state index contributed by atoms with van der Waals surface area (Å²) in [5.74, 6) is 0.163. The molecule has 1 heterocycles. The monoisotopic (exact) mass is 343 g/mol. The van der Waals surface area contributed by atoms with E-state index in [4.69, 9.17) is 14.6 Å². The van der Waals surface area contributed by atoms with Crippen LogP contribution in [-0.2, 0) is 4.79 Å². The maximum absolute atomic E-state index is 11.1. The maximum atomic E-state index is 11.1. The summed E-state index contributed by atoms with van der Waals surface area (Å²) in [5.41, 5.74) is 2.01. The first-order valence-corrected chi connectivity index (χ1v) is 7.16. The second-order valence-corrected chi connectivity index (χ2v) is 5.74. The topological polar surface area (TPSA) is 67.8 Å². The van der Waals surface area contributed by atoms with Crippen molar-refractivity contribution in [2.45, 2.75) is 19.4 Å². The molecule has 5 nitrogen and oxygen atoms in total. The number of nitrogens with one attached hydrogen (secondary N) is 1. The summed E-state index contributed by atoms with van der Waals surface area (Å²) >= 11 is 3.46. The minimum absolute atomic E-state index is 0.0342. The number of ether oxygens (including phenoxy) is 2. The average Bonchev–Trinajstić information content (AvgIpc) is 2.87. The quantitative estimate of drug-likeness (QED) is 0.879. The van der Waals surface area contributed by atoms with Crippen molar-refractivity contribution < 1.29 is 19.4 Å². The Morgan fingerprint density at radius 2 is 2.05 bits per heavy atom. The van der Waals surface area contributed by atoms with E-state index in [9.17, 15) is 4.79 Å². The van der Waals surface area contributed by atoms with Crippen LogP contribution in [0.3, 0.4) is 0 Å². The van der Waals surface area contributed by atoms with Gasteiger partial charge in [-0.3, -0.25) is 4.79 Å². The Kier molecular flexibility index (Phi) is 4.55. The minimum Gasteiger partial charge on any atom is -0.492 e. The van der Waals surface area contributed by atoms with Gasteiger partial charge in [-0.25, -0.2) is 0 Å². The molecular formula is C14H18BrNO4. The summed E-state index contributed by atoms with van der Waals surface area (Å²) in [5, 5.41) is 12.4. The fourth-order valence-electron chi connectivity index (χ4n) is 2.71. The van der Waals surface area contributed by atoms with E-state index in [1.54, 1.807) is 14.2 Å². The zero-order valence-electron chi connectivity index (χ0n) is 11.7. The van der Waals surface area contributed by atoms with Crippen LogP contribution in [-0.4, -0.2) is 31.8 Å². The number of carbonyl (C=O) groups is 1. The molecule has 1 aliphatic rings. The van der Waals surface area contributed by atoms with Crippen LogP contribution >= 0.6 is 15.9 Å². The summed E-state index contributed by atoms with van der Waals surface area (Å²) < 4.78 is 11.7. The highest BCUT2D eigenvalue weighted by atomic mass is 79.9. The Morgan fingerprint density at radius 1 is 1.40 bits per heavy atom. The summed E-state index contributed by atoms with van der Waals surface area (Å²) in [4.78, 5) is 11.1. The molecule has 2 atom stereocenters. The van der Waals surface area contributed by atoms with E-state index < -0.39 is 5.97 Å². The van der Waals surface area contributed by atoms with Crippen LogP contribution in [0.2, 0.25) is 0 Å². The lowest BCUT2D eigenvalue weighted by atomic mass is 9.95. The molecule has 0 aliphatic carbocycles.